The van der Waals surface area contributed by atoms with E-state index in [2.05, 4.69) is 4.98 Å². The van der Waals surface area contributed by atoms with E-state index in [9.17, 15) is 8.78 Å². The van der Waals surface area contributed by atoms with Crippen molar-refractivity contribution in [1.82, 2.24) is 4.98 Å². The van der Waals surface area contributed by atoms with Crippen LogP contribution in [0.15, 0.2) is 54.6 Å². The second kappa shape index (κ2) is 5.60. The van der Waals surface area contributed by atoms with Crippen LogP contribution in [0.4, 0.5) is 8.78 Å². The largest absolute Gasteiger partial charge is 0.253 e. The molecule has 0 aliphatic rings. The third kappa shape index (κ3) is 2.77. The third-order valence-corrected chi connectivity index (χ3v) is 3.66. The average Bonchev–Trinajstić information content (AvgIpc) is 2.47. The van der Waals surface area contributed by atoms with Gasteiger partial charge in [0.25, 0.3) is 0 Å². The van der Waals surface area contributed by atoms with Gasteiger partial charge in [0.2, 0.25) is 0 Å². The molecule has 3 aromatic rings. The SMILES string of the molecule is C[C@H](Cc1ccc2ccccc2n1)c1c(F)cccc1F. The molecule has 1 atom stereocenters. The summed E-state index contributed by atoms with van der Waals surface area (Å²) < 4.78 is 27.6. The quantitative estimate of drug-likeness (QED) is 0.669. The average molecular weight is 283 g/mol. The lowest BCUT2D eigenvalue weighted by Crippen LogP contribution is -2.05. The van der Waals surface area contributed by atoms with Crippen molar-refractivity contribution in [2.45, 2.75) is 19.3 Å². The van der Waals surface area contributed by atoms with Crippen LogP contribution in [-0.2, 0) is 6.42 Å². The van der Waals surface area contributed by atoms with Crippen LogP contribution in [0.3, 0.4) is 0 Å². The Hall–Kier alpha value is -2.29. The maximum absolute atomic E-state index is 13.8. The summed E-state index contributed by atoms with van der Waals surface area (Å²) in [7, 11) is 0. The van der Waals surface area contributed by atoms with Crippen LogP contribution in [0, 0.1) is 11.6 Å². The standard InChI is InChI=1S/C18H15F2N/c1-12(18-15(19)6-4-7-16(18)20)11-14-10-9-13-5-2-3-8-17(13)21-14/h2-10,12H,11H2,1H3/t12-/m1/s1. The van der Waals surface area contributed by atoms with E-state index in [4.69, 9.17) is 0 Å². The normalized spacial score (nSPS) is 12.5. The number of para-hydroxylation sites is 1. The smallest absolute Gasteiger partial charge is 0.129 e. The third-order valence-electron chi connectivity index (χ3n) is 3.66. The van der Waals surface area contributed by atoms with E-state index >= 15 is 0 Å². The summed E-state index contributed by atoms with van der Waals surface area (Å²) in [6.07, 6.45) is 0.503. The minimum absolute atomic E-state index is 0.132. The zero-order valence-corrected chi connectivity index (χ0v) is 11.7. The predicted octanol–water partition coefficient (Wildman–Crippen LogP) is 4.86. The van der Waals surface area contributed by atoms with Crippen molar-refractivity contribution >= 4 is 10.9 Å². The molecule has 0 amide bonds. The van der Waals surface area contributed by atoms with Gasteiger partial charge in [-0.3, -0.25) is 4.98 Å². The van der Waals surface area contributed by atoms with Gasteiger partial charge in [0, 0.05) is 16.6 Å². The first kappa shape index (κ1) is 13.7. The van der Waals surface area contributed by atoms with Gasteiger partial charge in [-0.25, -0.2) is 8.78 Å². The molecule has 1 heterocycles. The number of pyridine rings is 1. The molecular weight excluding hydrogens is 268 g/mol. The van der Waals surface area contributed by atoms with E-state index in [-0.39, 0.29) is 11.5 Å². The van der Waals surface area contributed by atoms with Crippen LogP contribution in [0.1, 0.15) is 24.1 Å². The van der Waals surface area contributed by atoms with Crippen molar-refractivity contribution in [3.05, 3.63) is 77.5 Å². The molecule has 21 heavy (non-hydrogen) atoms. The first-order valence-corrected chi connectivity index (χ1v) is 6.94. The fraction of sp³-hybridized carbons (Fsp3) is 0.167. The first-order chi connectivity index (χ1) is 10.1. The van der Waals surface area contributed by atoms with Crippen LogP contribution >= 0.6 is 0 Å². The Bertz CT molecular complexity index is 763. The number of halogens is 2. The number of hydrogen-bond donors (Lipinski definition) is 0. The van der Waals surface area contributed by atoms with Gasteiger partial charge >= 0.3 is 0 Å². The highest BCUT2D eigenvalue weighted by Crippen LogP contribution is 2.25. The molecule has 0 aliphatic heterocycles. The molecule has 0 saturated carbocycles. The number of benzene rings is 2. The van der Waals surface area contributed by atoms with E-state index in [1.165, 1.54) is 18.2 Å². The molecule has 0 bridgehead atoms. The molecular formula is C18H15F2N. The van der Waals surface area contributed by atoms with Gasteiger partial charge in [-0.1, -0.05) is 37.3 Å². The van der Waals surface area contributed by atoms with Crippen LogP contribution in [0.25, 0.3) is 10.9 Å². The highest BCUT2D eigenvalue weighted by Gasteiger charge is 2.16. The molecule has 1 nitrogen and oxygen atoms in total. The van der Waals surface area contributed by atoms with Crippen molar-refractivity contribution in [3.8, 4) is 0 Å². The molecule has 0 spiro atoms. The molecule has 2 aromatic carbocycles. The summed E-state index contributed by atoms with van der Waals surface area (Å²) in [5.74, 6) is -1.26. The van der Waals surface area contributed by atoms with Crippen LogP contribution in [-0.4, -0.2) is 4.98 Å². The van der Waals surface area contributed by atoms with Gasteiger partial charge in [0.1, 0.15) is 11.6 Å². The highest BCUT2D eigenvalue weighted by atomic mass is 19.1. The molecule has 0 aliphatic carbocycles. The zero-order valence-electron chi connectivity index (χ0n) is 11.7. The first-order valence-electron chi connectivity index (χ1n) is 6.94. The zero-order chi connectivity index (χ0) is 14.8. The summed E-state index contributed by atoms with van der Waals surface area (Å²) in [4.78, 5) is 4.56. The van der Waals surface area contributed by atoms with E-state index in [1.807, 2.05) is 43.3 Å². The number of rotatable bonds is 3. The van der Waals surface area contributed by atoms with Crippen LogP contribution < -0.4 is 0 Å². The van der Waals surface area contributed by atoms with E-state index in [0.29, 0.717) is 6.42 Å². The number of fused-ring (bicyclic) bond motifs is 1. The summed E-state index contributed by atoms with van der Waals surface area (Å²) in [6, 6.07) is 15.7. The monoisotopic (exact) mass is 283 g/mol. The molecule has 3 heteroatoms. The molecule has 0 unspecified atom stereocenters. The van der Waals surface area contributed by atoms with E-state index in [1.54, 1.807) is 0 Å². The van der Waals surface area contributed by atoms with Crippen molar-refractivity contribution < 1.29 is 8.78 Å². The Morgan fingerprint density at radius 3 is 2.38 bits per heavy atom. The van der Waals surface area contributed by atoms with Gasteiger partial charge in [-0.2, -0.15) is 0 Å². The molecule has 0 radical (unpaired) electrons. The molecule has 106 valence electrons. The summed E-state index contributed by atoms with van der Waals surface area (Å²) in [5, 5.41) is 1.06. The minimum atomic E-state index is -0.497. The van der Waals surface area contributed by atoms with Gasteiger partial charge in [0.15, 0.2) is 0 Å². The Balaban J connectivity index is 1.91. The Morgan fingerprint density at radius 2 is 1.62 bits per heavy atom. The minimum Gasteiger partial charge on any atom is -0.253 e. The van der Waals surface area contributed by atoms with E-state index < -0.39 is 11.6 Å². The lowest BCUT2D eigenvalue weighted by Gasteiger charge is -2.13. The Kier molecular flexibility index (Phi) is 3.65. The highest BCUT2D eigenvalue weighted by molar-refractivity contribution is 5.78. The van der Waals surface area contributed by atoms with Gasteiger partial charge in [0.05, 0.1) is 5.52 Å². The fourth-order valence-electron chi connectivity index (χ4n) is 2.62. The molecule has 0 saturated heterocycles. The molecule has 0 fully saturated rings. The molecule has 3 rings (SSSR count). The number of aromatic nitrogens is 1. The lowest BCUT2D eigenvalue weighted by molar-refractivity contribution is 0.530. The van der Waals surface area contributed by atoms with Crippen LogP contribution in [0.2, 0.25) is 0 Å². The van der Waals surface area contributed by atoms with Crippen molar-refractivity contribution in [2.24, 2.45) is 0 Å². The fourth-order valence-corrected chi connectivity index (χ4v) is 2.62. The van der Waals surface area contributed by atoms with Crippen molar-refractivity contribution in [1.29, 1.82) is 0 Å². The summed E-state index contributed by atoms with van der Waals surface area (Å²) >= 11 is 0. The molecule has 0 N–H and O–H groups in total. The second-order valence-electron chi connectivity index (χ2n) is 5.24. The number of hydrogen-bond acceptors (Lipinski definition) is 1. The predicted molar refractivity (Wildman–Crippen MR) is 80.2 cm³/mol. The summed E-state index contributed by atoms with van der Waals surface area (Å²) in [6.45, 7) is 1.82. The Morgan fingerprint density at radius 1 is 0.905 bits per heavy atom. The van der Waals surface area contributed by atoms with Gasteiger partial charge in [-0.15, -0.1) is 0 Å². The van der Waals surface area contributed by atoms with Gasteiger partial charge in [-0.05, 0) is 36.6 Å². The van der Waals surface area contributed by atoms with E-state index in [0.717, 1.165) is 16.6 Å². The maximum atomic E-state index is 13.8. The second-order valence-corrected chi connectivity index (χ2v) is 5.24. The van der Waals surface area contributed by atoms with Crippen molar-refractivity contribution in [3.63, 3.8) is 0 Å². The number of nitrogens with zero attached hydrogens (tertiary/aromatic N) is 1. The van der Waals surface area contributed by atoms with Crippen LogP contribution in [0.5, 0.6) is 0 Å². The van der Waals surface area contributed by atoms with Gasteiger partial charge < -0.3 is 0 Å². The molecule has 1 aromatic heterocycles. The van der Waals surface area contributed by atoms with Crippen molar-refractivity contribution in [2.75, 3.05) is 0 Å². The maximum Gasteiger partial charge on any atom is 0.129 e. The lowest BCUT2D eigenvalue weighted by atomic mass is 9.94. The Labute approximate surface area is 122 Å². The summed E-state index contributed by atoms with van der Waals surface area (Å²) in [5.41, 5.74) is 1.87. The topological polar surface area (TPSA) is 12.9 Å².